The molecule has 0 radical (unpaired) electrons. The number of carbonyl (C=O) groups excluding carboxylic acids is 1. The van der Waals surface area contributed by atoms with Crippen LogP contribution in [0.2, 0.25) is 5.02 Å². The standard InChI is InChI=1S/C17H25ClN2O3S/c1-12-7-5-6-10-20(12)16(21)13-8-9-14(18)15(11-13)24(22,23)19-17(2,3)4/h8-9,11-12,19H,5-7,10H2,1-4H3. The van der Waals surface area contributed by atoms with Gasteiger partial charge in [-0.1, -0.05) is 11.6 Å². The summed E-state index contributed by atoms with van der Waals surface area (Å²) in [6.45, 7) is 7.98. The van der Waals surface area contributed by atoms with E-state index >= 15 is 0 Å². The molecule has 2 rings (SSSR count). The fraction of sp³-hybridized carbons (Fsp3) is 0.588. The second-order valence-electron chi connectivity index (χ2n) is 7.34. The second kappa shape index (κ2) is 7.02. The van der Waals surface area contributed by atoms with E-state index in [-0.39, 0.29) is 21.9 Å². The smallest absolute Gasteiger partial charge is 0.254 e. The van der Waals surface area contributed by atoms with Gasteiger partial charge >= 0.3 is 0 Å². The summed E-state index contributed by atoms with van der Waals surface area (Å²) < 4.78 is 27.7. The van der Waals surface area contributed by atoms with Crippen LogP contribution in [0.5, 0.6) is 0 Å². The van der Waals surface area contributed by atoms with Gasteiger partial charge in [0.2, 0.25) is 10.0 Å². The van der Waals surface area contributed by atoms with E-state index in [1.54, 1.807) is 31.7 Å². The summed E-state index contributed by atoms with van der Waals surface area (Å²) in [5.41, 5.74) is -0.286. The third-order valence-corrected chi connectivity index (χ3v) is 6.21. The molecule has 7 heteroatoms. The van der Waals surface area contributed by atoms with Crippen LogP contribution in [0.4, 0.5) is 0 Å². The molecular weight excluding hydrogens is 348 g/mol. The molecule has 1 atom stereocenters. The fourth-order valence-electron chi connectivity index (χ4n) is 2.87. The van der Waals surface area contributed by atoms with Gasteiger partial charge in [0.15, 0.2) is 0 Å². The van der Waals surface area contributed by atoms with E-state index in [0.717, 1.165) is 19.3 Å². The van der Waals surface area contributed by atoms with Crippen molar-refractivity contribution in [3.8, 4) is 0 Å². The molecule has 0 saturated carbocycles. The highest BCUT2D eigenvalue weighted by Crippen LogP contribution is 2.26. The van der Waals surface area contributed by atoms with Crippen molar-refractivity contribution < 1.29 is 13.2 Å². The third kappa shape index (κ3) is 4.49. The minimum absolute atomic E-state index is 0.0606. The maximum Gasteiger partial charge on any atom is 0.254 e. The molecule has 1 fully saturated rings. The van der Waals surface area contributed by atoms with Gasteiger partial charge in [-0.2, -0.15) is 0 Å². The van der Waals surface area contributed by atoms with E-state index in [9.17, 15) is 13.2 Å². The lowest BCUT2D eigenvalue weighted by molar-refractivity contribution is 0.0635. The molecule has 1 aliphatic heterocycles. The van der Waals surface area contributed by atoms with Gasteiger partial charge in [0, 0.05) is 23.7 Å². The Morgan fingerprint density at radius 3 is 2.54 bits per heavy atom. The molecule has 0 bridgehead atoms. The van der Waals surface area contributed by atoms with Crippen molar-refractivity contribution >= 4 is 27.5 Å². The monoisotopic (exact) mass is 372 g/mol. The van der Waals surface area contributed by atoms with Gasteiger partial charge in [0.25, 0.3) is 5.91 Å². The highest BCUT2D eigenvalue weighted by molar-refractivity contribution is 7.89. The number of halogens is 1. The number of amides is 1. The molecule has 24 heavy (non-hydrogen) atoms. The van der Waals surface area contributed by atoms with E-state index in [4.69, 9.17) is 11.6 Å². The molecule has 1 heterocycles. The van der Waals surface area contributed by atoms with E-state index < -0.39 is 15.6 Å². The molecule has 0 aliphatic carbocycles. The molecule has 0 aromatic heterocycles. The van der Waals surface area contributed by atoms with Crippen LogP contribution < -0.4 is 4.72 Å². The molecule has 0 spiro atoms. The number of piperidine rings is 1. The third-order valence-electron chi connectivity index (χ3n) is 3.97. The number of benzene rings is 1. The first kappa shape index (κ1) is 19.2. The van der Waals surface area contributed by atoms with E-state index in [0.29, 0.717) is 12.1 Å². The Hall–Kier alpha value is -1.11. The molecule has 1 N–H and O–H groups in total. The number of likely N-dealkylation sites (tertiary alicyclic amines) is 1. The van der Waals surface area contributed by atoms with Gasteiger partial charge in [0.05, 0.1) is 5.02 Å². The first-order valence-electron chi connectivity index (χ1n) is 8.16. The molecule has 1 unspecified atom stereocenters. The number of nitrogens with zero attached hydrogens (tertiary/aromatic N) is 1. The minimum atomic E-state index is -3.80. The van der Waals surface area contributed by atoms with Crippen LogP contribution in [-0.4, -0.2) is 37.4 Å². The highest BCUT2D eigenvalue weighted by Gasteiger charge is 2.28. The number of nitrogens with one attached hydrogen (secondary N) is 1. The van der Waals surface area contributed by atoms with Gasteiger partial charge in [-0.25, -0.2) is 13.1 Å². The van der Waals surface area contributed by atoms with Gasteiger partial charge < -0.3 is 4.90 Å². The van der Waals surface area contributed by atoms with Crippen LogP contribution >= 0.6 is 11.6 Å². The molecule has 5 nitrogen and oxygen atoms in total. The van der Waals surface area contributed by atoms with Gasteiger partial charge in [-0.3, -0.25) is 4.79 Å². The largest absolute Gasteiger partial charge is 0.336 e. The highest BCUT2D eigenvalue weighted by atomic mass is 35.5. The average Bonchev–Trinajstić information content (AvgIpc) is 2.45. The van der Waals surface area contributed by atoms with Crippen molar-refractivity contribution in [2.45, 2.75) is 63.4 Å². The first-order chi connectivity index (χ1) is 11.0. The summed E-state index contributed by atoms with van der Waals surface area (Å²) in [5, 5.41) is 0.106. The molecule has 1 aromatic carbocycles. The Kier molecular flexibility index (Phi) is 5.62. The second-order valence-corrected chi connectivity index (χ2v) is 9.40. The predicted molar refractivity (Wildman–Crippen MR) is 95.9 cm³/mol. The lowest BCUT2D eigenvalue weighted by atomic mass is 10.0. The zero-order chi connectivity index (χ0) is 18.1. The summed E-state index contributed by atoms with van der Waals surface area (Å²) in [5.74, 6) is -0.147. The Labute approximate surface area is 149 Å². The van der Waals surface area contributed by atoms with Crippen molar-refractivity contribution in [3.05, 3.63) is 28.8 Å². The Bertz CT molecular complexity index is 726. The van der Waals surface area contributed by atoms with Crippen molar-refractivity contribution in [1.82, 2.24) is 9.62 Å². The van der Waals surface area contributed by atoms with Crippen LogP contribution in [0.15, 0.2) is 23.1 Å². The molecule has 1 aliphatic rings. The van der Waals surface area contributed by atoms with Crippen LogP contribution in [0.1, 0.15) is 57.3 Å². The Morgan fingerprint density at radius 1 is 1.29 bits per heavy atom. The van der Waals surface area contributed by atoms with Crippen molar-refractivity contribution in [3.63, 3.8) is 0 Å². The normalized spacial score (nSPS) is 19.4. The van der Waals surface area contributed by atoms with Crippen LogP contribution in [0, 0.1) is 0 Å². The fourth-order valence-corrected chi connectivity index (χ4v) is 4.81. The van der Waals surface area contributed by atoms with Gasteiger partial charge in [0.1, 0.15) is 4.90 Å². The molecule has 134 valence electrons. The minimum Gasteiger partial charge on any atom is -0.336 e. The van der Waals surface area contributed by atoms with Crippen molar-refractivity contribution in [1.29, 1.82) is 0 Å². The van der Waals surface area contributed by atoms with Crippen LogP contribution in [-0.2, 0) is 10.0 Å². The summed E-state index contributed by atoms with van der Waals surface area (Å²) in [4.78, 5) is 14.5. The predicted octanol–water partition coefficient (Wildman–Crippen LogP) is 3.43. The molecule has 1 amide bonds. The van der Waals surface area contributed by atoms with Crippen molar-refractivity contribution in [2.75, 3.05) is 6.54 Å². The molecule has 1 aromatic rings. The van der Waals surface area contributed by atoms with Crippen LogP contribution in [0.3, 0.4) is 0 Å². The van der Waals surface area contributed by atoms with E-state index in [1.165, 1.54) is 12.1 Å². The number of hydrogen-bond acceptors (Lipinski definition) is 3. The van der Waals surface area contributed by atoms with Crippen molar-refractivity contribution in [2.24, 2.45) is 0 Å². The van der Waals surface area contributed by atoms with E-state index in [1.807, 2.05) is 6.92 Å². The van der Waals surface area contributed by atoms with Gasteiger partial charge in [-0.15, -0.1) is 0 Å². The first-order valence-corrected chi connectivity index (χ1v) is 10.0. The molecule has 1 saturated heterocycles. The number of sulfonamides is 1. The topological polar surface area (TPSA) is 66.5 Å². The number of rotatable bonds is 3. The van der Waals surface area contributed by atoms with Gasteiger partial charge in [-0.05, 0) is 65.2 Å². The maximum absolute atomic E-state index is 12.8. The summed E-state index contributed by atoms with van der Waals surface area (Å²) in [7, 11) is -3.80. The number of carbonyl (C=O) groups is 1. The summed E-state index contributed by atoms with van der Waals surface area (Å²) in [6, 6.07) is 4.60. The van der Waals surface area contributed by atoms with Crippen LogP contribution in [0.25, 0.3) is 0 Å². The Balaban J connectivity index is 2.36. The summed E-state index contributed by atoms with van der Waals surface area (Å²) in [6.07, 6.45) is 3.05. The maximum atomic E-state index is 12.8. The molecular formula is C17H25ClN2O3S. The number of hydrogen-bond donors (Lipinski definition) is 1. The zero-order valence-electron chi connectivity index (χ0n) is 14.6. The lowest BCUT2D eigenvalue weighted by Gasteiger charge is -2.33. The zero-order valence-corrected chi connectivity index (χ0v) is 16.2. The SMILES string of the molecule is CC1CCCCN1C(=O)c1ccc(Cl)c(S(=O)(=O)NC(C)(C)C)c1. The average molecular weight is 373 g/mol. The Morgan fingerprint density at radius 2 is 1.96 bits per heavy atom. The van der Waals surface area contributed by atoms with E-state index in [2.05, 4.69) is 4.72 Å². The lowest BCUT2D eigenvalue weighted by Crippen LogP contribution is -2.42. The quantitative estimate of drug-likeness (QED) is 0.883. The summed E-state index contributed by atoms with van der Waals surface area (Å²) >= 11 is 6.08.